The Bertz CT molecular complexity index is 1520. The van der Waals surface area contributed by atoms with Gasteiger partial charge >= 0.3 is 0 Å². The van der Waals surface area contributed by atoms with Crippen LogP contribution < -0.4 is 20.3 Å². The number of benzene rings is 1. The van der Waals surface area contributed by atoms with Crippen LogP contribution in [0.15, 0.2) is 42.7 Å². The highest BCUT2D eigenvalue weighted by Gasteiger charge is 2.19. The Kier molecular flexibility index (Phi) is 5.24. The third-order valence-electron chi connectivity index (χ3n) is 5.41. The smallest absolute Gasteiger partial charge is 0.233 e. The van der Waals surface area contributed by atoms with Gasteiger partial charge in [0.1, 0.15) is 11.6 Å². The first-order valence-corrected chi connectivity index (χ1v) is 12.2. The molecule has 0 radical (unpaired) electrons. The molecule has 4 heterocycles. The second-order valence-corrected chi connectivity index (χ2v) is 9.83. The summed E-state index contributed by atoms with van der Waals surface area (Å²) in [5, 5.41) is 16.8. The molecular weight excluding hydrogens is 458 g/mol. The van der Waals surface area contributed by atoms with E-state index in [0.29, 0.717) is 40.6 Å². The monoisotopic (exact) mass is 479 g/mol. The maximum atomic E-state index is 12.0. The summed E-state index contributed by atoms with van der Waals surface area (Å²) in [7, 11) is -2.01. The van der Waals surface area contributed by atoms with Gasteiger partial charge in [0.25, 0.3) is 0 Å². The Morgan fingerprint density at radius 2 is 2.06 bits per heavy atom. The van der Waals surface area contributed by atoms with Gasteiger partial charge in [0, 0.05) is 36.7 Å². The van der Waals surface area contributed by atoms with E-state index in [-0.39, 0.29) is 12.5 Å². The minimum Gasteiger partial charge on any atom is -0.365 e. The molecule has 1 amide bonds. The van der Waals surface area contributed by atoms with Crippen LogP contribution in [-0.4, -0.2) is 52.8 Å². The summed E-state index contributed by atoms with van der Waals surface area (Å²) in [4.78, 5) is 24.9. The summed E-state index contributed by atoms with van der Waals surface area (Å²) >= 11 is 0. The average molecular weight is 480 g/mol. The first-order valence-electron chi connectivity index (χ1n) is 10.3. The Balaban J connectivity index is 1.42. The number of anilines is 5. The van der Waals surface area contributed by atoms with Crippen molar-refractivity contribution < 1.29 is 13.2 Å². The molecule has 1 aromatic carbocycles. The summed E-state index contributed by atoms with van der Waals surface area (Å²) in [5.41, 5.74) is 3.64. The third kappa shape index (κ3) is 4.20. The average Bonchev–Trinajstić information content (AvgIpc) is 3.41. The molecule has 34 heavy (non-hydrogen) atoms. The molecule has 1 aliphatic heterocycles. The largest absolute Gasteiger partial charge is 0.365 e. The van der Waals surface area contributed by atoms with Gasteiger partial charge in [-0.05, 0) is 29.8 Å². The van der Waals surface area contributed by atoms with Crippen molar-refractivity contribution >= 4 is 55.9 Å². The van der Waals surface area contributed by atoms with Crippen molar-refractivity contribution in [2.75, 3.05) is 33.6 Å². The minimum absolute atomic E-state index is 0.0370. The number of amides is 1. The van der Waals surface area contributed by atoms with Gasteiger partial charge in [-0.15, -0.1) is 0 Å². The predicted molar refractivity (Wildman–Crippen MR) is 129 cm³/mol. The van der Waals surface area contributed by atoms with Crippen molar-refractivity contribution in [2.24, 2.45) is 0 Å². The Labute approximate surface area is 194 Å². The second-order valence-electron chi connectivity index (χ2n) is 7.82. The number of carbonyl (C=O) groups excluding carboxylic acids is 1. The number of aromatic amines is 1. The van der Waals surface area contributed by atoms with Crippen molar-refractivity contribution in [1.82, 2.24) is 25.1 Å². The fraction of sp³-hybridized carbons (Fsp3) is 0.190. The van der Waals surface area contributed by atoms with Crippen LogP contribution >= 0.6 is 0 Å². The summed E-state index contributed by atoms with van der Waals surface area (Å²) in [6.45, 7) is 0.270. The van der Waals surface area contributed by atoms with Crippen molar-refractivity contribution in [3.8, 4) is 0 Å². The number of nitrogens with zero attached hydrogens (tertiary/aromatic N) is 5. The van der Waals surface area contributed by atoms with E-state index < -0.39 is 10.0 Å². The minimum atomic E-state index is -3.47. The topological polar surface area (TPSA) is 158 Å². The molecule has 174 valence electrons. The highest BCUT2D eigenvalue weighted by atomic mass is 32.2. The van der Waals surface area contributed by atoms with Gasteiger partial charge in [-0.25, -0.2) is 13.4 Å². The number of hydrogen-bond acceptors (Lipinski definition) is 9. The van der Waals surface area contributed by atoms with Crippen LogP contribution in [-0.2, 0) is 27.8 Å². The molecule has 1 aliphatic rings. The first kappa shape index (κ1) is 21.6. The summed E-state index contributed by atoms with van der Waals surface area (Å²) in [5.74, 6) is 1.13. The van der Waals surface area contributed by atoms with Crippen LogP contribution in [0.4, 0.5) is 29.0 Å². The number of pyridine rings is 1. The fourth-order valence-corrected chi connectivity index (χ4v) is 4.13. The van der Waals surface area contributed by atoms with E-state index in [1.54, 1.807) is 24.5 Å². The molecule has 0 aliphatic carbocycles. The quantitative estimate of drug-likeness (QED) is 0.311. The van der Waals surface area contributed by atoms with Crippen LogP contribution in [0.2, 0.25) is 0 Å². The van der Waals surface area contributed by atoms with Crippen molar-refractivity contribution in [3.05, 3.63) is 53.9 Å². The van der Waals surface area contributed by atoms with Crippen LogP contribution in [0.5, 0.6) is 0 Å². The molecule has 0 atom stereocenters. The van der Waals surface area contributed by atoms with E-state index in [1.165, 1.54) is 7.05 Å². The van der Waals surface area contributed by atoms with E-state index in [2.05, 4.69) is 41.1 Å². The standard InChI is InChI=1S/C21H21N9O3S/c1-30(34(2,32)33)20-12(4-3-7-22-20)10-23-18-15-11-24-29-19(15)28-21(27-18)25-14-5-6-16-13(8-14)9-17(31)26-16/h3-8,11H,9-10H2,1-2H3,(H,26,31)(H3,23,24,25,27,28,29). The van der Waals surface area contributed by atoms with Crippen LogP contribution in [0.25, 0.3) is 11.0 Å². The van der Waals surface area contributed by atoms with Gasteiger partial charge in [0.15, 0.2) is 5.65 Å². The van der Waals surface area contributed by atoms with Crippen molar-refractivity contribution in [2.45, 2.75) is 13.0 Å². The number of rotatable bonds is 7. The molecule has 0 bridgehead atoms. The number of sulfonamides is 1. The first-order chi connectivity index (χ1) is 16.3. The van der Waals surface area contributed by atoms with Crippen LogP contribution in [0.3, 0.4) is 0 Å². The van der Waals surface area contributed by atoms with E-state index in [0.717, 1.165) is 27.5 Å². The van der Waals surface area contributed by atoms with Gasteiger partial charge < -0.3 is 16.0 Å². The van der Waals surface area contributed by atoms with E-state index in [9.17, 15) is 13.2 Å². The van der Waals surface area contributed by atoms with Gasteiger partial charge in [0.2, 0.25) is 21.9 Å². The van der Waals surface area contributed by atoms with Crippen molar-refractivity contribution in [1.29, 1.82) is 0 Å². The molecule has 4 N–H and O–H groups in total. The van der Waals surface area contributed by atoms with E-state index in [1.807, 2.05) is 18.2 Å². The van der Waals surface area contributed by atoms with Gasteiger partial charge in [-0.2, -0.15) is 15.1 Å². The number of carbonyl (C=O) groups is 1. The van der Waals surface area contributed by atoms with E-state index in [4.69, 9.17) is 0 Å². The Morgan fingerprint density at radius 3 is 2.88 bits per heavy atom. The van der Waals surface area contributed by atoms with Gasteiger partial charge in [-0.1, -0.05) is 6.07 Å². The number of fused-ring (bicyclic) bond motifs is 2. The SMILES string of the molecule is CN(c1ncccc1CNc1nc(Nc2ccc3c(c2)CC(=O)N3)nc2[nH]ncc12)S(C)(=O)=O. The maximum absolute atomic E-state index is 12.0. The number of H-pyrrole nitrogens is 1. The zero-order valence-electron chi connectivity index (χ0n) is 18.3. The molecule has 13 heteroatoms. The molecule has 3 aromatic heterocycles. The lowest BCUT2D eigenvalue weighted by Gasteiger charge is -2.19. The molecule has 0 saturated carbocycles. The number of aromatic nitrogens is 5. The lowest BCUT2D eigenvalue weighted by Crippen LogP contribution is -2.27. The Morgan fingerprint density at radius 1 is 1.21 bits per heavy atom. The van der Waals surface area contributed by atoms with Crippen LogP contribution in [0.1, 0.15) is 11.1 Å². The summed E-state index contributed by atoms with van der Waals surface area (Å²) in [6, 6.07) is 9.08. The van der Waals surface area contributed by atoms with Crippen molar-refractivity contribution in [3.63, 3.8) is 0 Å². The highest BCUT2D eigenvalue weighted by Crippen LogP contribution is 2.28. The Hall–Kier alpha value is -4.26. The zero-order valence-corrected chi connectivity index (χ0v) is 19.1. The second kappa shape index (κ2) is 8.26. The number of hydrogen-bond donors (Lipinski definition) is 4. The molecular formula is C21H21N9O3S. The normalized spacial score (nSPS) is 12.9. The lowest BCUT2D eigenvalue weighted by atomic mass is 10.1. The molecule has 0 unspecified atom stereocenters. The zero-order chi connectivity index (χ0) is 23.9. The van der Waals surface area contributed by atoms with E-state index >= 15 is 0 Å². The van der Waals surface area contributed by atoms with Gasteiger partial charge in [0.05, 0.1) is 24.3 Å². The lowest BCUT2D eigenvalue weighted by molar-refractivity contribution is -0.115. The maximum Gasteiger partial charge on any atom is 0.233 e. The number of nitrogens with one attached hydrogen (secondary N) is 4. The third-order valence-corrected chi connectivity index (χ3v) is 6.57. The predicted octanol–water partition coefficient (Wildman–Crippen LogP) is 1.99. The van der Waals surface area contributed by atoms with Gasteiger partial charge in [-0.3, -0.25) is 14.2 Å². The van der Waals surface area contributed by atoms with Crippen LogP contribution in [0, 0.1) is 0 Å². The summed E-state index contributed by atoms with van der Waals surface area (Å²) in [6.07, 6.45) is 4.61. The molecule has 0 fully saturated rings. The summed E-state index contributed by atoms with van der Waals surface area (Å²) < 4.78 is 25.2. The molecule has 0 saturated heterocycles. The molecule has 5 rings (SSSR count). The highest BCUT2D eigenvalue weighted by molar-refractivity contribution is 7.92. The molecule has 12 nitrogen and oxygen atoms in total. The molecule has 4 aromatic rings. The fourth-order valence-electron chi connectivity index (χ4n) is 3.65. The molecule has 0 spiro atoms.